The molecule has 0 aromatic heterocycles. The Morgan fingerprint density at radius 1 is 0.780 bits per heavy atom. The van der Waals surface area contributed by atoms with E-state index in [0.717, 1.165) is 12.8 Å². The molecule has 0 spiro atoms. The molecule has 0 aliphatic rings. The third-order valence-electron chi connectivity index (χ3n) is 8.79. The number of para-hydroxylation sites is 2. The van der Waals surface area contributed by atoms with Crippen LogP contribution in [-0.2, 0) is 6.54 Å². The number of nitro benzene ring substituents is 1. The fraction of sp³-hybridized carbons (Fsp3) is 0.439. The first-order valence-corrected chi connectivity index (χ1v) is 18.2. The van der Waals surface area contributed by atoms with E-state index in [-0.39, 0.29) is 23.0 Å². The first-order chi connectivity index (χ1) is 24.3. The van der Waals surface area contributed by atoms with Crippen LogP contribution >= 0.6 is 0 Å². The molecule has 9 heteroatoms. The maximum atomic E-state index is 13.7. The number of nitrogens with zero attached hydrogens (tertiary/aromatic N) is 1. The Kier molecular flexibility index (Phi) is 15.4. The van der Waals surface area contributed by atoms with Gasteiger partial charge in [0, 0.05) is 41.1 Å². The first kappa shape index (κ1) is 38.2. The van der Waals surface area contributed by atoms with Crippen molar-refractivity contribution in [1.82, 2.24) is 5.32 Å². The molecule has 3 N–H and O–H groups in total. The van der Waals surface area contributed by atoms with Gasteiger partial charge in [0.15, 0.2) is 0 Å². The minimum Gasteiger partial charge on any atom is -0.506 e. The van der Waals surface area contributed by atoms with E-state index in [2.05, 4.69) is 17.6 Å². The van der Waals surface area contributed by atoms with Gasteiger partial charge in [-0.05, 0) is 30.7 Å². The number of hydrogen-bond donors (Lipinski definition) is 3. The monoisotopic (exact) mass is 683 g/mol. The zero-order valence-electron chi connectivity index (χ0n) is 29.8. The summed E-state index contributed by atoms with van der Waals surface area (Å²) >= 11 is 0. The smallest absolute Gasteiger partial charge is 0.270 e. The highest BCUT2D eigenvalue weighted by atomic mass is 16.6. The minimum atomic E-state index is -0.523. The number of carbonyl (C=O) groups is 1. The summed E-state index contributed by atoms with van der Waals surface area (Å²) in [5.41, 5.74) is 1.07. The normalized spacial score (nSPS) is 11.2. The first-order valence-electron chi connectivity index (χ1n) is 18.2. The van der Waals surface area contributed by atoms with E-state index in [1.165, 1.54) is 82.4 Å². The third-order valence-corrected chi connectivity index (χ3v) is 8.79. The lowest BCUT2D eigenvalue weighted by Gasteiger charge is -2.17. The van der Waals surface area contributed by atoms with Crippen molar-refractivity contribution in [3.8, 4) is 23.0 Å². The molecule has 4 rings (SSSR count). The molecule has 0 aliphatic carbocycles. The Balaban J connectivity index is 1.41. The van der Waals surface area contributed by atoms with Gasteiger partial charge in [0.2, 0.25) is 0 Å². The maximum Gasteiger partial charge on any atom is 0.270 e. The van der Waals surface area contributed by atoms with E-state index in [0.29, 0.717) is 52.4 Å². The standard InChI is InChI=1S/C41H53N3O6/c1-4-5-6-7-8-9-10-11-12-13-14-19-26-49-38-23-18-17-22-36(38)43-41(46)35-28-39(33-20-15-16-21-34(33)40(35)45)50-37-25-24-32(44(47)48)27-31(37)29-42-30(2)3/h15-18,20-25,27-28,30,42,45H,4-14,19,26,29H2,1-3H3,(H,43,46). The zero-order chi connectivity index (χ0) is 35.7. The molecule has 0 saturated heterocycles. The second kappa shape index (κ2) is 20.1. The predicted molar refractivity (Wildman–Crippen MR) is 202 cm³/mol. The highest BCUT2D eigenvalue weighted by molar-refractivity contribution is 6.11. The summed E-state index contributed by atoms with van der Waals surface area (Å²) in [7, 11) is 0. The maximum absolute atomic E-state index is 13.7. The molecule has 0 radical (unpaired) electrons. The van der Waals surface area contributed by atoms with Gasteiger partial charge in [-0.1, -0.05) is 128 Å². The van der Waals surface area contributed by atoms with Crippen molar-refractivity contribution in [3.05, 3.63) is 94.0 Å². The van der Waals surface area contributed by atoms with Gasteiger partial charge >= 0.3 is 0 Å². The van der Waals surface area contributed by atoms with Crippen LogP contribution in [0.3, 0.4) is 0 Å². The van der Waals surface area contributed by atoms with E-state index >= 15 is 0 Å². The van der Waals surface area contributed by atoms with Gasteiger partial charge in [-0.2, -0.15) is 0 Å². The molecule has 0 aliphatic heterocycles. The molecule has 4 aromatic rings. The van der Waals surface area contributed by atoms with Crippen LogP contribution in [0.25, 0.3) is 10.8 Å². The van der Waals surface area contributed by atoms with Crippen LogP contribution in [0.5, 0.6) is 23.0 Å². The second-order valence-corrected chi connectivity index (χ2v) is 13.2. The number of fused-ring (bicyclic) bond motifs is 1. The lowest BCUT2D eigenvalue weighted by molar-refractivity contribution is -0.384. The van der Waals surface area contributed by atoms with Crippen LogP contribution in [0.4, 0.5) is 11.4 Å². The highest BCUT2D eigenvalue weighted by Gasteiger charge is 2.21. The Bertz CT molecular complexity index is 1690. The Hall–Kier alpha value is -4.63. The van der Waals surface area contributed by atoms with Crippen molar-refractivity contribution < 1.29 is 24.3 Å². The molecule has 0 heterocycles. The number of phenols is 1. The van der Waals surface area contributed by atoms with Crippen molar-refractivity contribution in [2.75, 3.05) is 11.9 Å². The van der Waals surface area contributed by atoms with Gasteiger partial charge < -0.3 is 25.2 Å². The second-order valence-electron chi connectivity index (χ2n) is 13.2. The van der Waals surface area contributed by atoms with Crippen molar-refractivity contribution >= 4 is 28.1 Å². The van der Waals surface area contributed by atoms with E-state index in [1.54, 1.807) is 30.3 Å². The molecule has 9 nitrogen and oxygen atoms in total. The number of hydrogen-bond acceptors (Lipinski definition) is 7. The number of amides is 1. The molecule has 4 aromatic carbocycles. The average molecular weight is 684 g/mol. The number of phenolic OH excluding ortho intramolecular Hbond substituents is 1. The number of benzene rings is 4. The molecule has 50 heavy (non-hydrogen) atoms. The fourth-order valence-corrected chi connectivity index (χ4v) is 5.94. The summed E-state index contributed by atoms with van der Waals surface area (Å²) in [5, 5.41) is 30.0. The number of nitro groups is 1. The number of ether oxygens (including phenoxy) is 2. The van der Waals surface area contributed by atoms with Gasteiger partial charge in [0.25, 0.3) is 11.6 Å². The Labute approximate surface area is 296 Å². The molecule has 0 unspecified atom stereocenters. The van der Waals surface area contributed by atoms with Gasteiger partial charge in [0.1, 0.15) is 23.0 Å². The number of carbonyl (C=O) groups excluding carboxylic acids is 1. The SMILES string of the molecule is CCCCCCCCCCCCCCOc1ccccc1NC(=O)c1cc(Oc2ccc([N+](=O)[O-])cc2CNC(C)C)c2ccccc2c1O. The van der Waals surface area contributed by atoms with Crippen LogP contribution in [0.2, 0.25) is 0 Å². The van der Waals surface area contributed by atoms with E-state index in [4.69, 9.17) is 9.47 Å². The lowest BCUT2D eigenvalue weighted by atomic mass is 10.0. The zero-order valence-corrected chi connectivity index (χ0v) is 29.8. The molecule has 0 saturated carbocycles. The van der Waals surface area contributed by atoms with Gasteiger partial charge in [0.05, 0.1) is 22.8 Å². The molecular weight excluding hydrogens is 630 g/mol. The van der Waals surface area contributed by atoms with Crippen LogP contribution in [0.15, 0.2) is 72.8 Å². The van der Waals surface area contributed by atoms with Crippen molar-refractivity contribution in [1.29, 1.82) is 0 Å². The number of anilines is 1. The summed E-state index contributed by atoms with van der Waals surface area (Å²) in [6.07, 6.45) is 15.2. The number of non-ortho nitro benzene ring substituents is 1. The van der Waals surface area contributed by atoms with Gasteiger partial charge in [-0.15, -0.1) is 0 Å². The topological polar surface area (TPSA) is 123 Å². The Morgan fingerprint density at radius 2 is 1.40 bits per heavy atom. The summed E-state index contributed by atoms with van der Waals surface area (Å²) in [6, 6.07) is 20.5. The average Bonchev–Trinajstić information content (AvgIpc) is 3.11. The quantitative estimate of drug-likeness (QED) is 0.0428. The number of rotatable bonds is 22. The molecule has 0 bridgehead atoms. The van der Waals surface area contributed by atoms with Gasteiger partial charge in [-0.25, -0.2) is 0 Å². The summed E-state index contributed by atoms with van der Waals surface area (Å²) < 4.78 is 12.5. The Morgan fingerprint density at radius 3 is 2.06 bits per heavy atom. The molecular formula is C41H53N3O6. The number of nitrogens with one attached hydrogen (secondary N) is 2. The van der Waals surface area contributed by atoms with Crippen molar-refractivity contribution in [2.24, 2.45) is 0 Å². The lowest BCUT2D eigenvalue weighted by Crippen LogP contribution is -2.22. The molecule has 1 amide bonds. The molecule has 0 atom stereocenters. The third kappa shape index (κ3) is 11.5. The van der Waals surface area contributed by atoms with Crippen molar-refractivity contribution in [2.45, 2.75) is 110 Å². The van der Waals surface area contributed by atoms with E-state index < -0.39 is 10.8 Å². The highest BCUT2D eigenvalue weighted by Crippen LogP contribution is 2.40. The van der Waals surface area contributed by atoms with Crippen molar-refractivity contribution in [3.63, 3.8) is 0 Å². The minimum absolute atomic E-state index is 0.0261. The number of unbranched alkanes of at least 4 members (excludes halogenated alkanes) is 11. The summed E-state index contributed by atoms with van der Waals surface area (Å²) in [4.78, 5) is 24.8. The fourth-order valence-electron chi connectivity index (χ4n) is 5.94. The van der Waals surface area contributed by atoms with Gasteiger partial charge in [-0.3, -0.25) is 14.9 Å². The van der Waals surface area contributed by atoms with Crippen LogP contribution in [-0.4, -0.2) is 28.6 Å². The summed E-state index contributed by atoms with van der Waals surface area (Å²) in [6.45, 7) is 7.11. The van der Waals surface area contributed by atoms with Crippen LogP contribution in [0, 0.1) is 10.1 Å². The largest absolute Gasteiger partial charge is 0.506 e. The molecule has 268 valence electrons. The summed E-state index contributed by atoms with van der Waals surface area (Å²) in [5.74, 6) is 0.603. The molecule has 0 fully saturated rings. The van der Waals surface area contributed by atoms with E-state index in [1.807, 2.05) is 38.1 Å². The number of aromatic hydroxyl groups is 1. The van der Waals surface area contributed by atoms with E-state index in [9.17, 15) is 20.0 Å². The van der Waals surface area contributed by atoms with Crippen LogP contribution in [0.1, 0.15) is 114 Å². The van der Waals surface area contributed by atoms with Crippen LogP contribution < -0.4 is 20.1 Å². The predicted octanol–water partition coefficient (Wildman–Crippen LogP) is 11.1.